The number of carbonyl (C=O) groups excluding carboxylic acids is 1. The summed E-state index contributed by atoms with van der Waals surface area (Å²) in [5.74, 6) is 0.705. The van der Waals surface area contributed by atoms with Crippen molar-refractivity contribution in [3.63, 3.8) is 0 Å². The summed E-state index contributed by atoms with van der Waals surface area (Å²) in [6.07, 6.45) is 0.914. The van der Waals surface area contributed by atoms with Crippen molar-refractivity contribution in [3.05, 3.63) is 0 Å². The molecule has 0 spiro atoms. The van der Waals surface area contributed by atoms with Crippen LogP contribution in [0.4, 0.5) is 0 Å². The number of rotatable bonds is 2. The van der Waals surface area contributed by atoms with E-state index >= 15 is 0 Å². The van der Waals surface area contributed by atoms with Crippen LogP contribution in [0, 0.1) is 11.8 Å². The van der Waals surface area contributed by atoms with Crippen LogP contribution in [-0.2, 0) is 4.79 Å². The van der Waals surface area contributed by atoms with Gasteiger partial charge >= 0.3 is 0 Å². The van der Waals surface area contributed by atoms with E-state index < -0.39 is 0 Å². The third-order valence-corrected chi connectivity index (χ3v) is 1.77. The van der Waals surface area contributed by atoms with Gasteiger partial charge in [-0.3, -0.25) is 4.79 Å². The number of Topliss-reactive ketones (excluding diaryl/α,β-unsaturated/α-hetero) is 1. The summed E-state index contributed by atoms with van der Waals surface area (Å²) in [6.45, 7) is 3.85. The van der Waals surface area contributed by atoms with E-state index in [1.54, 1.807) is 0 Å². The Morgan fingerprint density at radius 1 is 1.67 bits per heavy atom. The van der Waals surface area contributed by atoms with Crippen LogP contribution in [0.15, 0.2) is 0 Å². The molecule has 1 rings (SSSR count). The van der Waals surface area contributed by atoms with E-state index in [9.17, 15) is 4.79 Å². The predicted octanol–water partition coefficient (Wildman–Crippen LogP) is 0.559. The molecule has 0 radical (unpaired) electrons. The van der Waals surface area contributed by atoms with Crippen molar-refractivity contribution in [2.24, 2.45) is 17.6 Å². The van der Waals surface area contributed by atoms with Gasteiger partial charge in [-0.2, -0.15) is 0 Å². The van der Waals surface area contributed by atoms with Crippen molar-refractivity contribution in [2.45, 2.75) is 26.3 Å². The molecule has 0 saturated heterocycles. The first-order valence-electron chi connectivity index (χ1n) is 3.42. The van der Waals surface area contributed by atoms with Gasteiger partial charge in [-0.1, -0.05) is 13.8 Å². The van der Waals surface area contributed by atoms with E-state index in [1.807, 2.05) is 13.8 Å². The molecule has 1 aliphatic carbocycles. The van der Waals surface area contributed by atoms with Crippen LogP contribution in [0.3, 0.4) is 0 Å². The van der Waals surface area contributed by atoms with Gasteiger partial charge in [0.1, 0.15) is 5.78 Å². The first-order chi connectivity index (χ1) is 4.13. The molecular weight excluding hydrogens is 114 g/mol. The number of carbonyl (C=O) groups is 1. The van der Waals surface area contributed by atoms with Crippen molar-refractivity contribution >= 4 is 5.78 Å². The average molecular weight is 127 g/mol. The molecule has 52 valence electrons. The van der Waals surface area contributed by atoms with Crippen LogP contribution < -0.4 is 5.73 Å². The molecule has 0 aliphatic heterocycles. The van der Waals surface area contributed by atoms with Crippen molar-refractivity contribution < 1.29 is 4.79 Å². The molecule has 2 atom stereocenters. The van der Waals surface area contributed by atoms with E-state index in [0.29, 0.717) is 5.78 Å². The van der Waals surface area contributed by atoms with Crippen LogP contribution >= 0.6 is 0 Å². The highest BCUT2D eigenvalue weighted by atomic mass is 16.1. The third kappa shape index (κ3) is 1.30. The summed E-state index contributed by atoms with van der Waals surface area (Å²) in [5, 5.41) is 0. The monoisotopic (exact) mass is 127 g/mol. The quantitative estimate of drug-likeness (QED) is 0.589. The van der Waals surface area contributed by atoms with Crippen LogP contribution in [0.5, 0.6) is 0 Å². The minimum atomic E-state index is 0.170. The zero-order chi connectivity index (χ0) is 7.02. The molecule has 0 aromatic heterocycles. The normalized spacial score (nSPS) is 32.9. The predicted molar refractivity (Wildman–Crippen MR) is 35.9 cm³/mol. The molecule has 0 heterocycles. The molecule has 1 saturated carbocycles. The summed E-state index contributed by atoms with van der Waals surface area (Å²) in [4.78, 5) is 11.0. The molecule has 0 bridgehead atoms. The SMILES string of the molecule is CC(C)C(=O)C1CC1N. The van der Waals surface area contributed by atoms with E-state index in [-0.39, 0.29) is 17.9 Å². The Kier molecular flexibility index (Phi) is 1.58. The first-order valence-corrected chi connectivity index (χ1v) is 3.42. The van der Waals surface area contributed by atoms with Crippen molar-refractivity contribution in [3.8, 4) is 0 Å². The second-order valence-electron chi connectivity index (χ2n) is 3.06. The highest BCUT2D eigenvalue weighted by Gasteiger charge is 2.40. The van der Waals surface area contributed by atoms with Crippen LogP contribution in [0.2, 0.25) is 0 Å². The Morgan fingerprint density at radius 2 is 2.11 bits per heavy atom. The molecule has 1 fully saturated rings. The summed E-state index contributed by atoms with van der Waals surface area (Å²) < 4.78 is 0. The second kappa shape index (κ2) is 2.10. The van der Waals surface area contributed by atoms with E-state index in [1.165, 1.54) is 0 Å². The zero-order valence-electron chi connectivity index (χ0n) is 5.92. The van der Waals surface area contributed by atoms with Gasteiger partial charge in [0.2, 0.25) is 0 Å². The Morgan fingerprint density at radius 3 is 2.22 bits per heavy atom. The van der Waals surface area contributed by atoms with Gasteiger partial charge in [0.15, 0.2) is 0 Å². The van der Waals surface area contributed by atoms with E-state index in [4.69, 9.17) is 5.73 Å². The lowest BCUT2D eigenvalue weighted by Crippen LogP contribution is -2.15. The Labute approximate surface area is 55.4 Å². The van der Waals surface area contributed by atoms with Gasteiger partial charge in [0.25, 0.3) is 0 Å². The topological polar surface area (TPSA) is 43.1 Å². The van der Waals surface area contributed by atoms with E-state index in [2.05, 4.69) is 0 Å². The Bertz CT molecular complexity index is 131. The lowest BCUT2D eigenvalue weighted by molar-refractivity contribution is -0.123. The van der Waals surface area contributed by atoms with Gasteiger partial charge in [-0.15, -0.1) is 0 Å². The largest absolute Gasteiger partial charge is 0.327 e. The van der Waals surface area contributed by atoms with E-state index in [0.717, 1.165) is 6.42 Å². The number of nitrogens with two attached hydrogens (primary N) is 1. The highest BCUT2D eigenvalue weighted by molar-refractivity contribution is 5.86. The number of hydrogen-bond donors (Lipinski definition) is 1. The van der Waals surface area contributed by atoms with Crippen molar-refractivity contribution in [2.75, 3.05) is 0 Å². The lowest BCUT2D eigenvalue weighted by atomic mass is 10.1. The highest BCUT2D eigenvalue weighted by Crippen LogP contribution is 2.30. The number of ketones is 1. The Hall–Kier alpha value is -0.370. The van der Waals surface area contributed by atoms with Crippen LogP contribution in [0.1, 0.15) is 20.3 Å². The average Bonchev–Trinajstić information content (AvgIpc) is 2.44. The number of hydrogen-bond acceptors (Lipinski definition) is 2. The summed E-state index contributed by atoms with van der Waals surface area (Å²) >= 11 is 0. The van der Waals surface area contributed by atoms with Gasteiger partial charge < -0.3 is 5.73 Å². The lowest BCUT2D eigenvalue weighted by Gasteiger charge is -1.99. The molecule has 2 N–H and O–H groups in total. The standard InChI is InChI=1S/C7H13NO/c1-4(2)7(9)5-3-6(5)8/h4-6H,3,8H2,1-2H3. The molecule has 0 aromatic carbocycles. The first kappa shape index (κ1) is 6.75. The van der Waals surface area contributed by atoms with Crippen LogP contribution in [0.25, 0.3) is 0 Å². The van der Waals surface area contributed by atoms with Gasteiger partial charge in [0, 0.05) is 17.9 Å². The molecule has 1 aliphatic rings. The minimum Gasteiger partial charge on any atom is -0.327 e. The van der Waals surface area contributed by atoms with Crippen molar-refractivity contribution in [1.29, 1.82) is 0 Å². The maximum absolute atomic E-state index is 11.0. The van der Waals surface area contributed by atoms with Gasteiger partial charge in [-0.25, -0.2) is 0 Å². The molecule has 0 aromatic rings. The smallest absolute Gasteiger partial charge is 0.140 e. The maximum Gasteiger partial charge on any atom is 0.140 e. The summed E-state index contributed by atoms with van der Waals surface area (Å²) in [6, 6.07) is 0.180. The minimum absolute atomic E-state index is 0.170. The van der Waals surface area contributed by atoms with Gasteiger partial charge in [-0.05, 0) is 6.42 Å². The third-order valence-electron chi connectivity index (χ3n) is 1.77. The second-order valence-corrected chi connectivity index (χ2v) is 3.06. The van der Waals surface area contributed by atoms with Crippen LogP contribution in [-0.4, -0.2) is 11.8 Å². The van der Waals surface area contributed by atoms with Crippen molar-refractivity contribution in [1.82, 2.24) is 0 Å². The fourth-order valence-electron chi connectivity index (χ4n) is 0.970. The summed E-state index contributed by atoms with van der Waals surface area (Å²) in [5.41, 5.74) is 5.48. The zero-order valence-corrected chi connectivity index (χ0v) is 5.92. The summed E-state index contributed by atoms with van der Waals surface area (Å²) in [7, 11) is 0. The molecule has 9 heavy (non-hydrogen) atoms. The maximum atomic E-state index is 11.0. The molecule has 0 amide bonds. The molecule has 2 nitrogen and oxygen atoms in total. The fraction of sp³-hybridized carbons (Fsp3) is 0.857. The molecule has 2 heteroatoms. The molecular formula is C7H13NO. The van der Waals surface area contributed by atoms with Gasteiger partial charge in [0.05, 0.1) is 0 Å². The fourth-order valence-corrected chi connectivity index (χ4v) is 0.970. The Balaban J connectivity index is 2.36. The molecule has 2 unspecified atom stereocenters.